The second kappa shape index (κ2) is 8.89. The van der Waals surface area contributed by atoms with Crippen LogP contribution in [0.1, 0.15) is 0 Å². The summed E-state index contributed by atoms with van der Waals surface area (Å²) < 4.78 is 13.3. The molecule has 0 unspecified atom stereocenters. The fourth-order valence-corrected chi connectivity index (χ4v) is 4.49. The van der Waals surface area contributed by atoms with E-state index in [2.05, 4.69) is 42.6 Å². The van der Waals surface area contributed by atoms with Crippen LogP contribution in [0.15, 0.2) is 60.8 Å². The highest BCUT2D eigenvalue weighted by Crippen LogP contribution is 2.37. The SMILES string of the molecule is Nc1nc(-c2ccc(F)cc2)c(-c2ccnc(Nc3ccc(N4CCNCC4)cc3)n2)s1. The number of nitrogens with zero attached hydrogens (tertiary/aromatic N) is 4. The van der Waals surface area contributed by atoms with Gasteiger partial charge >= 0.3 is 0 Å². The topological polar surface area (TPSA) is 92.0 Å². The van der Waals surface area contributed by atoms with Gasteiger partial charge in [-0.25, -0.2) is 19.3 Å². The van der Waals surface area contributed by atoms with Crippen LogP contribution in [-0.2, 0) is 0 Å². The number of piperazine rings is 1. The second-order valence-electron chi connectivity index (χ2n) is 7.41. The molecular weight excluding hydrogens is 425 g/mol. The number of nitrogens with two attached hydrogens (primary N) is 1. The van der Waals surface area contributed by atoms with Crippen molar-refractivity contribution in [1.29, 1.82) is 0 Å². The Bertz CT molecular complexity index is 1200. The van der Waals surface area contributed by atoms with Gasteiger partial charge < -0.3 is 21.3 Å². The maximum Gasteiger partial charge on any atom is 0.227 e. The van der Waals surface area contributed by atoms with Gasteiger partial charge in [0.05, 0.1) is 16.3 Å². The second-order valence-corrected chi connectivity index (χ2v) is 8.44. The van der Waals surface area contributed by atoms with Crippen LogP contribution in [0.5, 0.6) is 0 Å². The van der Waals surface area contributed by atoms with Crippen LogP contribution in [0.3, 0.4) is 0 Å². The van der Waals surface area contributed by atoms with E-state index in [0.717, 1.165) is 42.3 Å². The molecular formula is C23H22FN7S. The Morgan fingerprint density at radius 2 is 1.72 bits per heavy atom. The molecule has 1 saturated heterocycles. The maximum atomic E-state index is 13.3. The first-order valence-electron chi connectivity index (χ1n) is 10.3. The van der Waals surface area contributed by atoms with Gasteiger partial charge in [-0.05, 0) is 54.6 Å². The van der Waals surface area contributed by atoms with Crippen LogP contribution < -0.4 is 21.3 Å². The zero-order chi connectivity index (χ0) is 21.9. The first-order chi connectivity index (χ1) is 15.7. The summed E-state index contributed by atoms with van der Waals surface area (Å²) in [6.45, 7) is 4.02. The molecule has 4 N–H and O–H groups in total. The van der Waals surface area contributed by atoms with Crippen molar-refractivity contribution in [3.63, 3.8) is 0 Å². The summed E-state index contributed by atoms with van der Waals surface area (Å²) in [7, 11) is 0. The van der Waals surface area contributed by atoms with Crippen molar-refractivity contribution < 1.29 is 4.39 Å². The first-order valence-corrected chi connectivity index (χ1v) is 11.2. The van der Waals surface area contributed by atoms with E-state index >= 15 is 0 Å². The standard InChI is InChI=1S/C23H22FN7S/c24-16-3-1-15(2-4-16)20-21(32-22(25)30-20)19-9-10-27-23(29-19)28-17-5-7-18(8-6-17)31-13-11-26-12-14-31/h1-10,26H,11-14H2,(H2,25,30)(H,27,28,29). The number of aromatic nitrogens is 3. The van der Waals surface area contributed by atoms with Crippen molar-refractivity contribution >= 4 is 33.8 Å². The molecule has 5 rings (SSSR count). The molecule has 4 aromatic rings. The predicted molar refractivity (Wildman–Crippen MR) is 128 cm³/mol. The lowest BCUT2D eigenvalue weighted by molar-refractivity contribution is 0.589. The average molecular weight is 448 g/mol. The molecule has 3 heterocycles. The van der Waals surface area contributed by atoms with Gasteiger partial charge in [0.2, 0.25) is 5.95 Å². The van der Waals surface area contributed by atoms with E-state index in [-0.39, 0.29) is 5.82 Å². The molecule has 7 nitrogen and oxygen atoms in total. The molecule has 0 atom stereocenters. The van der Waals surface area contributed by atoms with Gasteiger partial charge in [-0.3, -0.25) is 0 Å². The number of nitrogens with one attached hydrogen (secondary N) is 2. The van der Waals surface area contributed by atoms with Crippen LogP contribution in [0.2, 0.25) is 0 Å². The molecule has 9 heteroatoms. The van der Waals surface area contributed by atoms with Crippen molar-refractivity contribution in [2.45, 2.75) is 0 Å². The third kappa shape index (κ3) is 4.39. The monoisotopic (exact) mass is 447 g/mol. The van der Waals surface area contributed by atoms with E-state index in [1.54, 1.807) is 18.3 Å². The molecule has 2 aromatic heterocycles. The minimum atomic E-state index is -0.296. The van der Waals surface area contributed by atoms with Crippen molar-refractivity contribution in [1.82, 2.24) is 20.3 Å². The molecule has 32 heavy (non-hydrogen) atoms. The predicted octanol–water partition coefficient (Wildman–Crippen LogP) is 4.14. The quantitative estimate of drug-likeness (QED) is 0.423. The highest BCUT2D eigenvalue weighted by atomic mass is 32.1. The summed E-state index contributed by atoms with van der Waals surface area (Å²) in [5, 5.41) is 7.06. The summed E-state index contributed by atoms with van der Waals surface area (Å²) in [5.41, 5.74) is 10.3. The Morgan fingerprint density at radius 3 is 2.47 bits per heavy atom. The number of thiazole rings is 1. The first kappa shape index (κ1) is 20.3. The Hall–Kier alpha value is -3.56. The van der Waals surface area contributed by atoms with Gasteiger partial charge in [0.1, 0.15) is 5.82 Å². The van der Waals surface area contributed by atoms with Gasteiger partial charge in [-0.2, -0.15) is 0 Å². The molecule has 0 bridgehead atoms. The van der Waals surface area contributed by atoms with Crippen LogP contribution in [0.25, 0.3) is 21.8 Å². The smallest absolute Gasteiger partial charge is 0.227 e. The van der Waals surface area contributed by atoms with Crippen molar-refractivity contribution in [2.24, 2.45) is 0 Å². The van der Waals surface area contributed by atoms with E-state index in [0.29, 0.717) is 22.5 Å². The highest BCUT2D eigenvalue weighted by molar-refractivity contribution is 7.19. The number of nitrogen functional groups attached to an aromatic ring is 1. The summed E-state index contributed by atoms with van der Waals surface area (Å²) in [5.74, 6) is 0.185. The normalized spacial score (nSPS) is 13.8. The summed E-state index contributed by atoms with van der Waals surface area (Å²) >= 11 is 1.34. The lowest BCUT2D eigenvalue weighted by Crippen LogP contribution is -2.43. The third-order valence-electron chi connectivity index (χ3n) is 5.26. The minimum Gasteiger partial charge on any atom is -0.375 e. The number of halogens is 1. The van der Waals surface area contributed by atoms with E-state index in [1.807, 2.05) is 18.2 Å². The molecule has 0 aliphatic carbocycles. The van der Waals surface area contributed by atoms with Gasteiger partial charge in [-0.15, -0.1) is 0 Å². The number of hydrogen-bond donors (Lipinski definition) is 3. The van der Waals surface area contributed by atoms with Gasteiger partial charge in [0.25, 0.3) is 0 Å². The Labute approximate surface area is 189 Å². The molecule has 162 valence electrons. The zero-order valence-electron chi connectivity index (χ0n) is 17.3. The van der Waals surface area contributed by atoms with Crippen LogP contribution in [0, 0.1) is 5.82 Å². The van der Waals surface area contributed by atoms with Crippen LogP contribution in [-0.4, -0.2) is 41.1 Å². The Morgan fingerprint density at radius 1 is 0.969 bits per heavy atom. The molecule has 0 saturated carbocycles. The summed E-state index contributed by atoms with van der Waals surface area (Å²) in [6.07, 6.45) is 1.70. The van der Waals surface area contributed by atoms with E-state index in [4.69, 9.17) is 5.73 Å². The average Bonchev–Trinajstić information content (AvgIpc) is 3.22. The fourth-order valence-electron chi connectivity index (χ4n) is 3.67. The highest BCUT2D eigenvalue weighted by Gasteiger charge is 2.16. The van der Waals surface area contributed by atoms with Crippen molar-refractivity contribution in [3.05, 3.63) is 66.6 Å². The molecule has 1 aliphatic heterocycles. The third-order valence-corrected chi connectivity index (χ3v) is 6.16. The molecule has 0 spiro atoms. The summed E-state index contributed by atoms with van der Waals surface area (Å²) in [6, 6.07) is 16.3. The van der Waals surface area contributed by atoms with E-state index < -0.39 is 0 Å². The lowest BCUT2D eigenvalue weighted by atomic mass is 10.1. The van der Waals surface area contributed by atoms with Crippen LogP contribution >= 0.6 is 11.3 Å². The van der Waals surface area contributed by atoms with Crippen molar-refractivity contribution in [3.8, 4) is 21.8 Å². The van der Waals surface area contributed by atoms with Crippen LogP contribution in [0.4, 0.5) is 26.8 Å². The number of rotatable bonds is 5. The largest absolute Gasteiger partial charge is 0.375 e. The molecule has 2 aromatic carbocycles. The van der Waals surface area contributed by atoms with E-state index in [1.165, 1.54) is 29.2 Å². The molecule has 1 aliphatic rings. The number of anilines is 4. The molecule has 0 radical (unpaired) electrons. The Balaban J connectivity index is 1.38. The van der Waals surface area contributed by atoms with E-state index in [9.17, 15) is 4.39 Å². The Kier molecular flexibility index (Phi) is 5.66. The lowest BCUT2D eigenvalue weighted by Gasteiger charge is -2.29. The number of hydrogen-bond acceptors (Lipinski definition) is 8. The zero-order valence-corrected chi connectivity index (χ0v) is 18.1. The maximum absolute atomic E-state index is 13.3. The molecule has 1 fully saturated rings. The number of benzene rings is 2. The molecule has 0 amide bonds. The summed E-state index contributed by atoms with van der Waals surface area (Å²) in [4.78, 5) is 16.6. The van der Waals surface area contributed by atoms with Gasteiger partial charge in [0, 0.05) is 49.3 Å². The van der Waals surface area contributed by atoms with Crippen molar-refractivity contribution in [2.75, 3.05) is 42.1 Å². The van der Waals surface area contributed by atoms with Gasteiger partial charge in [-0.1, -0.05) is 11.3 Å². The minimum absolute atomic E-state index is 0.296. The van der Waals surface area contributed by atoms with Gasteiger partial charge in [0.15, 0.2) is 5.13 Å². The fraction of sp³-hybridized carbons (Fsp3) is 0.174.